The fourth-order valence-corrected chi connectivity index (χ4v) is 2.78. The Balaban J connectivity index is 1.97. The number of benzene rings is 1. The number of nitrogens with zero attached hydrogens (tertiary/aromatic N) is 4. The van der Waals surface area contributed by atoms with E-state index in [1.54, 1.807) is 35.9 Å². The zero-order chi connectivity index (χ0) is 17.7. The van der Waals surface area contributed by atoms with E-state index in [2.05, 4.69) is 34.7 Å². The van der Waals surface area contributed by atoms with Crippen molar-refractivity contribution in [2.75, 3.05) is 5.32 Å². The van der Waals surface area contributed by atoms with E-state index in [-0.39, 0.29) is 16.9 Å². The summed E-state index contributed by atoms with van der Waals surface area (Å²) in [6.45, 7) is 8.18. The van der Waals surface area contributed by atoms with Crippen LogP contribution in [0.15, 0.2) is 29.4 Å². The van der Waals surface area contributed by atoms with Gasteiger partial charge in [-0.3, -0.25) is 9.59 Å². The molecule has 8 heteroatoms. The quantitative estimate of drug-likeness (QED) is 0.612. The van der Waals surface area contributed by atoms with E-state index >= 15 is 0 Å². The van der Waals surface area contributed by atoms with Gasteiger partial charge in [0.2, 0.25) is 11.1 Å². The first-order valence-corrected chi connectivity index (χ1v) is 8.59. The zero-order valence-electron chi connectivity index (χ0n) is 14.2. The Morgan fingerprint density at radius 1 is 1.21 bits per heavy atom. The molecule has 0 aliphatic heterocycles. The normalized spacial score (nSPS) is 12.2. The summed E-state index contributed by atoms with van der Waals surface area (Å²) in [4.78, 5) is 23.6. The Morgan fingerprint density at radius 3 is 2.46 bits per heavy atom. The standard InChI is InChI=1S/C16H21N5O2S/c1-10(2)9-21-16(18-19-20-21)24-12(4)15(23)17-14-7-5-13(6-8-14)11(3)22/h5-8,10,12H,9H2,1-4H3,(H,17,23). The lowest BCUT2D eigenvalue weighted by Gasteiger charge is -2.12. The Kier molecular flexibility index (Phi) is 6.08. The van der Waals surface area contributed by atoms with E-state index in [1.807, 2.05) is 0 Å². The number of carbonyl (C=O) groups excluding carboxylic acids is 2. The first-order chi connectivity index (χ1) is 11.4. The second-order valence-corrected chi connectivity index (χ2v) is 7.23. The molecule has 1 aromatic carbocycles. The molecule has 1 heterocycles. The summed E-state index contributed by atoms with van der Waals surface area (Å²) in [6, 6.07) is 6.82. The highest BCUT2D eigenvalue weighted by molar-refractivity contribution is 8.00. The topological polar surface area (TPSA) is 89.8 Å². The van der Waals surface area contributed by atoms with Crippen molar-refractivity contribution in [3.63, 3.8) is 0 Å². The fraction of sp³-hybridized carbons (Fsp3) is 0.438. The van der Waals surface area contributed by atoms with E-state index < -0.39 is 0 Å². The van der Waals surface area contributed by atoms with Crippen LogP contribution < -0.4 is 5.32 Å². The molecule has 1 amide bonds. The monoisotopic (exact) mass is 347 g/mol. The van der Waals surface area contributed by atoms with Crippen molar-refractivity contribution in [3.05, 3.63) is 29.8 Å². The van der Waals surface area contributed by atoms with Crippen molar-refractivity contribution in [3.8, 4) is 0 Å². The SMILES string of the molecule is CC(=O)c1ccc(NC(=O)C(C)Sc2nnnn2CC(C)C)cc1. The molecule has 0 fully saturated rings. The summed E-state index contributed by atoms with van der Waals surface area (Å²) in [7, 11) is 0. The van der Waals surface area contributed by atoms with E-state index in [9.17, 15) is 9.59 Å². The molecule has 7 nitrogen and oxygen atoms in total. The predicted octanol–water partition coefficient (Wildman–Crippen LogP) is 2.65. The minimum Gasteiger partial charge on any atom is -0.325 e. The maximum absolute atomic E-state index is 12.3. The molecular formula is C16H21N5O2S. The predicted molar refractivity (Wildman–Crippen MR) is 93.1 cm³/mol. The van der Waals surface area contributed by atoms with E-state index in [4.69, 9.17) is 0 Å². The van der Waals surface area contributed by atoms with Crippen molar-refractivity contribution in [2.45, 2.75) is 44.6 Å². The van der Waals surface area contributed by atoms with Crippen LogP contribution in [0, 0.1) is 5.92 Å². The summed E-state index contributed by atoms with van der Waals surface area (Å²) in [5.74, 6) is 0.264. The molecule has 0 aliphatic rings. The highest BCUT2D eigenvalue weighted by Gasteiger charge is 2.19. The van der Waals surface area contributed by atoms with Gasteiger partial charge in [0.05, 0.1) is 5.25 Å². The minimum atomic E-state index is -0.352. The van der Waals surface area contributed by atoms with E-state index in [0.29, 0.717) is 28.9 Å². The van der Waals surface area contributed by atoms with Crippen LogP contribution in [0.2, 0.25) is 0 Å². The van der Waals surface area contributed by atoms with Crippen molar-refractivity contribution >= 4 is 29.1 Å². The van der Waals surface area contributed by atoms with Crippen molar-refractivity contribution < 1.29 is 9.59 Å². The number of rotatable bonds is 7. The Morgan fingerprint density at radius 2 is 1.88 bits per heavy atom. The molecule has 1 N–H and O–H groups in total. The third-order valence-corrected chi connectivity index (χ3v) is 4.32. The largest absolute Gasteiger partial charge is 0.325 e. The van der Waals surface area contributed by atoms with Crippen LogP contribution in [0.1, 0.15) is 38.1 Å². The summed E-state index contributed by atoms with van der Waals surface area (Å²) in [5.41, 5.74) is 1.27. The molecule has 0 saturated carbocycles. The molecule has 128 valence electrons. The van der Waals surface area contributed by atoms with E-state index in [1.165, 1.54) is 18.7 Å². The molecule has 0 spiro atoms. The Hall–Kier alpha value is -2.22. The zero-order valence-corrected chi connectivity index (χ0v) is 15.0. The molecule has 2 aromatic rings. The Bertz CT molecular complexity index is 712. The average molecular weight is 347 g/mol. The maximum atomic E-state index is 12.3. The van der Waals surface area contributed by atoms with Gasteiger partial charge in [-0.15, -0.1) is 5.10 Å². The van der Waals surface area contributed by atoms with Crippen LogP contribution in [-0.4, -0.2) is 37.1 Å². The highest BCUT2D eigenvalue weighted by Crippen LogP contribution is 2.22. The van der Waals surface area contributed by atoms with Crippen molar-refractivity contribution in [1.82, 2.24) is 20.2 Å². The number of thioether (sulfide) groups is 1. The number of tetrazole rings is 1. The third-order valence-electron chi connectivity index (χ3n) is 3.25. The maximum Gasteiger partial charge on any atom is 0.237 e. The minimum absolute atomic E-state index is 0.00575. The third kappa shape index (κ3) is 4.89. The van der Waals surface area contributed by atoms with Gasteiger partial charge in [0.25, 0.3) is 0 Å². The molecule has 1 aromatic heterocycles. The van der Waals surface area contributed by atoms with Gasteiger partial charge in [-0.05, 0) is 54.5 Å². The number of Topliss-reactive ketones (excluding diaryl/α,β-unsaturated/α-hetero) is 1. The van der Waals surface area contributed by atoms with Crippen molar-refractivity contribution in [1.29, 1.82) is 0 Å². The number of hydrogen-bond acceptors (Lipinski definition) is 6. The number of anilines is 1. The molecule has 24 heavy (non-hydrogen) atoms. The molecule has 2 rings (SSSR count). The van der Waals surface area contributed by atoms with Crippen LogP contribution in [0.4, 0.5) is 5.69 Å². The number of ketones is 1. The lowest BCUT2D eigenvalue weighted by atomic mass is 10.1. The summed E-state index contributed by atoms with van der Waals surface area (Å²) >= 11 is 1.31. The second-order valence-electron chi connectivity index (χ2n) is 5.92. The molecule has 1 unspecified atom stereocenters. The van der Waals surface area contributed by atoms with Crippen LogP contribution in [0.25, 0.3) is 0 Å². The first kappa shape index (κ1) is 18.1. The van der Waals surface area contributed by atoms with Crippen LogP contribution >= 0.6 is 11.8 Å². The molecule has 0 bridgehead atoms. The average Bonchev–Trinajstić information content (AvgIpc) is 2.94. The number of hydrogen-bond donors (Lipinski definition) is 1. The van der Waals surface area contributed by atoms with Gasteiger partial charge >= 0.3 is 0 Å². The van der Waals surface area contributed by atoms with Gasteiger partial charge in [-0.2, -0.15) is 0 Å². The molecule has 0 saturated heterocycles. The molecule has 1 atom stereocenters. The van der Waals surface area contributed by atoms with E-state index in [0.717, 1.165) is 0 Å². The van der Waals surface area contributed by atoms with Crippen LogP contribution in [0.5, 0.6) is 0 Å². The fourth-order valence-electron chi connectivity index (χ4n) is 1.99. The molecular weight excluding hydrogens is 326 g/mol. The van der Waals surface area contributed by atoms with Gasteiger partial charge in [0, 0.05) is 17.8 Å². The number of aromatic nitrogens is 4. The lowest BCUT2D eigenvalue weighted by Crippen LogP contribution is -2.23. The Labute approximate surface area is 145 Å². The van der Waals surface area contributed by atoms with Gasteiger partial charge in [-0.1, -0.05) is 25.6 Å². The highest BCUT2D eigenvalue weighted by atomic mass is 32.2. The van der Waals surface area contributed by atoms with Gasteiger partial charge in [0.15, 0.2) is 5.78 Å². The summed E-state index contributed by atoms with van der Waals surface area (Å²) in [6.07, 6.45) is 0. The lowest BCUT2D eigenvalue weighted by molar-refractivity contribution is -0.115. The molecule has 0 radical (unpaired) electrons. The van der Waals surface area contributed by atoms with Crippen molar-refractivity contribution in [2.24, 2.45) is 5.92 Å². The summed E-state index contributed by atoms with van der Waals surface area (Å²) in [5, 5.41) is 14.7. The summed E-state index contributed by atoms with van der Waals surface area (Å²) < 4.78 is 1.71. The number of nitrogens with one attached hydrogen (secondary N) is 1. The van der Waals surface area contributed by atoms with Crippen LogP contribution in [-0.2, 0) is 11.3 Å². The number of amides is 1. The molecule has 0 aliphatic carbocycles. The number of carbonyl (C=O) groups is 2. The van der Waals surface area contributed by atoms with Gasteiger partial charge < -0.3 is 5.32 Å². The van der Waals surface area contributed by atoms with Gasteiger partial charge in [0.1, 0.15) is 0 Å². The van der Waals surface area contributed by atoms with Crippen LogP contribution in [0.3, 0.4) is 0 Å². The van der Waals surface area contributed by atoms with Gasteiger partial charge in [-0.25, -0.2) is 4.68 Å². The smallest absolute Gasteiger partial charge is 0.237 e. The first-order valence-electron chi connectivity index (χ1n) is 7.71. The second kappa shape index (κ2) is 8.05.